The van der Waals surface area contributed by atoms with Crippen molar-refractivity contribution in [2.45, 2.75) is 6.54 Å². The van der Waals surface area contributed by atoms with E-state index >= 15 is 0 Å². The number of hydrogen-bond acceptors (Lipinski definition) is 4. The first-order valence-electron chi connectivity index (χ1n) is 6.28. The number of pyridine rings is 1. The molecule has 0 saturated carbocycles. The predicted molar refractivity (Wildman–Crippen MR) is 76.8 cm³/mol. The van der Waals surface area contributed by atoms with Crippen LogP contribution in [-0.2, 0) is 6.54 Å². The Morgan fingerprint density at radius 2 is 2.25 bits per heavy atom. The van der Waals surface area contributed by atoms with Crippen LogP contribution in [0.5, 0.6) is 0 Å². The molecule has 0 radical (unpaired) electrons. The molecule has 3 rings (SSSR count). The van der Waals surface area contributed by atoms with Crippen LogP contribution in [-0.4, -0.2) is 21.1 Å². The van der Waals surface area contributed by atoms with Gasteiger partial charge in [-0.1, -0.05) is 0 Å². The van der Waals surface area contributed by atoms with Crippen LogP contribution in [0, 0.1) is 5.82 Å². The molecule has 0 amide bonds. The van der Waals surface area contributed by atoms with Crippen molar-refractivity contribution in [3.63, 3.8) is 0 Å². The Kier molecular flexibility index (Phi) is 3.20. The van der Waals surface area contributed by atoms with Crippen LogP contribution in [0.2, 0.25) is 0 Å². The van der Waals surface area contributed by atoms with Gasteiger partial charge < -0.3 is 15.6 Å². The van der Waals surface area contributed by atoms with Gasteiger partial charge in [-0.15, -0.1) is 0 Å². The Balaban J connectivity index is 1.87. The maximum absolute atomic E-state index is 14.0. The third-order valence-electron chi connectivity index (χ3n) is 3.11. The molecule has 0 unspecified atom stereocenters. The minimum absolute atomic E-state index is 0.384. The van der Waals surface area contributed by atoms with E-state index in [-0.39, 0.29) is 5.82 Å². The number of nitrogen functional groups attached to an aromatic ring is 1. The van der Waals surface area contributed by atoms with Crippen LogP contribution in [0.15, 0.2) is 43.1 Å². The first-order valence-corrected chi connectivity index (χ1v) is 6.28. The van der Waals surface area contributed by atoms with Crippen molar-refractivity contribution in [3.05, 3.63) is 48.9 Å². The van der Waals surface area contributed by atoms with Gasteiger partial charge in [-0.05, 0) is 18.2 Å². The van der Waals surface area contributed by atoms with Gasteiger partial charge in [-0.3, -0.25) is 4.98 Å². The summed E-state index contributed by atoms with van der Waals surface area (Å²) in [5.74, 6) is -0.390. The molecule has 6 heteroatoms. The average Bonchev–Trinajstić information content (AvgIpc) is 2.96. The summed E-state index contributed by atoms with van der Waals surface area (Å²) >= 11 is 0. The number of nitrogens with two attached hydrogens (primary N) is 1. The molecule has 0 spiro atoms. The third kappa shape index (κ3) is 2.27. The fourth-order valence-electron chi connectivity index (χ4n) is 2.13. The molecular formula is C14H14FN5. The lowest BCUT2D eigenvalue weighted by molar-refractivity contribution is 0.629. The Labute approximate surface area is 115 Å². The minimum atomic E-state index is -0.390. The SMILES string of the molecule is Nc1cc(F)c(NCCn2ccnc2)c2ncccc12. The van der Waals surface area contributed by atoms with Crippen molar-refractivity contribution in [3.8, 4) is 0 Å². The fraction of sp³-hybridized carbons (Fsp3) is 0.143. The number of imidazole rings is 1. The number of fused-ring (bicyclic) bond motifs is 1. The summed E-state index contributed by atoms with van der Waals surface area (Å²) in [4.78, 5) is 8.18. The van der Waals surface area contributed by atoms with Crippen LogP contribution in [0.25, 0.3) is 10.9 Å². The Morgan fingerprint density at radius 3 is 3.05 bits per heavy atom. The largest absolute Gasteiger partial charge is 0.398 e. The minimum Gasteiger partial charge on any atom is -0.398 e. The van der Waals surface area contributed by atoms with Crippen LogP contribution in [0.3, 0.4) is 0 Å². The van der Waals surface area contributed by atoms with Crippen LogP contribution in [0.4, 0.5) is 15.8 Å². The number of nitrogens with zero attached hydrogens (tertiary/aromatic N) is 3. The number of nitrogens with one attached hydrogen (secondary N) is 1. The highest BCUT2D eigenvalue weighted by molar-refractivity contribution is 5.98. The molecule has 102 valence electrons. The molecule has 0 saturated heterocycles. The topological polar surface area (TPSA) is 68.8 Å². The molecule has 0 aliphatic heterocycles. The Hall–Kier alpha value is -2.63. The zero-order chi connectivity index (χ0) is 13.9. The first kappa shape index (κ1) is 12.4. The van der Waals surface area contributed by atoms with Crippen molar-refractivity contribution in [1.82, 2.24) is 14.5 Å². The van der Waals surface area contributed by atoms with Crippen LogP contribution >= 0.6 is 0 Å². The molecule has 2 heterocycles. The summed E-state index contributed by atoms with van der Waals surface area (Å²) in [5.41, 5.74) is 7.14. The lowest BCUT2D eigenvalue weighted by atomic mass is 10.1. The molecule has 0 aliphatic carbocycles. The lowest BCUT2D eigenvalue weighted by Gasteiger charge is -2.12. The molecule has 3 N–H and O–H groups in total. The van der Waals surface area contributed by atoms with E-state index in [9.17, 15) is 4.39 Å². The number of halogens is 1. The summed E-state index contributed by atoms with van der Waals surface area (Å²) in [5, 5.41) is 3.83. The molecule has 0 fully saturated rings. The highest BCUT2D eigenvalue weighted by Crippen LogP contribution is 2.29. The molecule has 0 bridgehead atoms. The van der Waals surface area contributed by atoms with Gasteiger partial charge in [-0.25, -0.2) is 9.37 Å². The van der Waals surface area contributed by atoms with Gasteiger partial charge in [0.15, 0.2) is 5.82 Å². The second-order valence-electron chi connectivity index (χ2n) is 4.45. The first-order chi connectivity index (χ1) is 9.75. The van der Waals surface area contributed by atoms with E-state index in [2.05, 4.69) is 15.3 Å². The molecule has 2 aromatic heterocycles. The van der Waals surface area contributed by atoms with E-state index < -0.39 is 0 Å². The van der Waals surface area contributed by atoms with Gasteiger partial charge in [0.25, 0.3) is 0 Å². The average molecular weight is 271 g/mol. The quantitative estimate of drug-likeness (QED) is 0.714. The maximum Gasteiger partial charge on any atom is 0.150 e. The molecule has 5 nitrogen and oxygen atoms in total. The van der Waals surface area contributed by atoms with Gasteiger partial charge in [0, 0.05) is 42.8 Å². The van der Waals surface area contributed by atoms with Crippen LogP contribution in [0.1, 0.15) is 0 Å². The lowest BCUT2D eigenvalue weighted by Crippen LogP contribution is -2.11. The summed E-state index contributed by atoms with van der Waals surface area (Å²) in [6, 6.07) is 4.94. The van der Waals surface area contributed by atoms with Gasteiger partial charge in [0.2, 0.25) is 0 Å². The van der Waals surface area contributed by atoms with Crippen molar-refractivity contribution in [2.75, 3.05) is 17.6 Å². The van der Waals surface area contributed by atoms with Crippen molar-refractivity contribution in [1.29, 1.82) is 0 Å². The smallest absolute Gasteiger partial charge is 0.150 e. The van der Waals surface area contributed by atoms with Gasteiger partial charge in [0.05, 0.1) is 17.5 Å². The van der Waals surface area contributed by atoms with Crippen molar-refractivity contribution >= 4 is 22.3 Å². The molecule has 1 aromatic carbocycles. The summed E-state index contributed by atoms with van der Waals surface area (Å²) in [6.07, 6.45) is 6.91. The van der Waals surface area contributed by atoms with Gasteiger partial charge in [-0.2, -0.15) is 0 Å². The molecule has 0 atom stereocenters. The summed E-state index contributed by atoms with van der Waals surface area (Å²) < 4.78 is 16.0. The standard InChI is InChI=1S/C14H14FN5/c15-11-8-12(16)10-2-1-3-18-13(10)14(11)19-5-7-20-6-4-17-9-20/h1-4,6,8-9,19H,5,7,16H2. The molecule has 20 heavy (non-hydrogen) atoms. The second kappa shape index (κ2) is 5.16. The number of benzene rings is 1. The fourth-order valence-corrected chi connectivity index (χ4v) is 2.13. The monoisotopic (exact) mass is 271 g/mol. The van der Waals surface area contributed by atoms with E-state index in [1.807, 2.05) is 16.8 Å². The maximum atomic E-state index is 14.0. The van der Waals surface area contributed by atoms with Gasteiger partial charge in [0.1, 0.15) is 0 Å². The van der Waals surface area contributed by atoms with E-state index in [0.29, 0.717) is 30.0 Å². The second-order valence-corrected chi connectivity index (χ2v) is 4.45. The predicted octanol–water partition coefficient (Wildman–Crippen LogP) is 2.26. The zero-order valence-electron chi connectivity index (χ0n) is 10.8. The van der Waals surface area contributed by atoms with E-state index in [0.717, 1.165) is 5.39 Å². The number of anilines is 2. The number of hydrogen-bond donors (Lipinski definition) is 2. The molecule has 0 aliphatic rings. The Bertz CT molecular complexity index is 724. The summed E-state index contributed by atoms with van der Waals surface area (Å²) in [6.45, 7) is 1.26. The summed E-state index contributed by atoms with van der Waals surface area (Å²) in [7, 11) is 0. The highest BCUT2D eigenvalue weighted by Gasteiger charge is 2.11. The van der Waals surface area contributed by atoms with E-state index in [1.54, 1.807) is 24.8 Å². The zero-order valence-corrected chi connectivity index (χ0v) is 10.8. The van der Waals surface area contributed by atoms with E-state index in [1.165, 1.54) is 6.07 Å². The number of rotatable bonds is 4. The van der Waals surface area contributed by atoms with Crippen molar-refractivity contribution in [2.24, 2.45) is 0 Å². The molecular weight excluding hydrogens is 257 g/mol. The highest BCUT2D eigenvalue weighted by atomic mass is 19.1. The number of aromatic nitrogens is 3. The van der Waals surface area contributed by atoms with Crippen LogP contribution < -0.4 is 11.1 Å². The third-order valence-corrected chi connectivity index (χ3v) is 3.11. The van der Waals surface area contributed by atoms with E-state index in [4.69, 9.17) is 5.73 Å². The van der Waals surface area contributed by atoms with Gasteiger partial charge >= 0.3 is 0 Å². The molecule has 3 aromatic rings. The van der Waals surface area contributed by atoms with Crippen molar-refractivity contribution < 1.29 is 4.39 Å². The normalized spacial score (nSPS) is 10.8. The Morgan fingerprint density at radius 1 is 1.35 bits per heavy atom.